The summed E-state index contributed by atoms with van der Waals surface area (Å²) >= 11 is 0. The molecule has 0 bridgehead atoms. The molecule has 0 atom stereocenters. The average molecular weight is 249 g/mol. The third kappa shape index (κ3) is 6.18. The van der Waals surface area contributed by atoms with E-state index in [0.717, 1.165) is 12.1 Å². The first-order valence-electron chi connectivity index (χ1n) is 4.34. The van der Waals surface area contributed by atoms with Crippen molar-refractivity contribution in [1.82, 2.24) is 0 Å². The Labute approximate surface area is 95.1 Å². The number of amides is 1. The Morgan fingerprint density at radius 3 is 2.35 bits per heavy atom. The largest absolute Gasteiger partial charge is 0.483 e. The molecular weight excluding hydrogens is 239 g/mol. The zero-order valence-corrected chi connectivity index (χ0v) is 8.78. The Hall–Kier alpha value is -2.05. The van der Waals surface area contributed by atoms with Crippen molar-refractivity contribution in [3.63, 3.8) is 0 Å². The van der Waals surface area contributed by atoms with Crippen molar-refractivity contribution in [2.75, 3.05) is 5.32 Å². The van der Waals surface area contributed by atoms with Gasteiger partial charge >= 0.3 is 6.18 Å². The number of alkyl halides is 3. The van der Waals surface area contributed by atoms with Gasteiger partial charge in [-0.2, -0.15) is 13.2 Å². The number of hydrogen-bond acceptors (Lipinski definition) is 2. The van der Waals surface area contributed by atoms with Crippen molar-refractivity contribution in [3.05, 3.63) is 29.8 Å². The molecule has 7 heteroatoms. The highest BCUT2D eigenvalue weighted by Gasteiger charge is 2.30. The van der Waals surface area contributed by atoms with Crippen LogP contribution in [0.2, 0.25) is 0 Å². The zero-order valence-electron chi connectivity index (χ0n) is 8.78. The topological polar surface area (TPSA) is 66.4 Å². The first-order chi connectivity index (χ1) is 7.81. The summed E-state index contributed by atoms with van der Waals surface area (Å²) in [6.45, 7) is 0.986. The lowest BCUT2D eigenvalue weighted by Gasteiger charge is -2.08. The third-order valence-electron chi connectivity index (χ3n) is 1.51. The zero-order chi connectivity index (χ0) is 13.5. The Kier molecular flexibility index (Phi) is 5.73. The predicted molar refractivity (Wildman–Crippen MR) is 54.4 cm³/mol. The van der Waals surface area contributed by atoms with Gasteiger partial charge in [0.05, 0.1) is 5.56 Å². The van der Waals surface area contributed by atoms with Gasteiger partial charge in [-0.3, -0.25) is 9.59 Å². The fourth-order valence-corrected chi connectivity index (χ4v) is 0.977. The summed E-state index contributed by atoms with van der Waals surface area (Å²) in [4.78, 5) is 18.9. The molecule has 0 saturated heterocycles. The number of nitrogens with one attached hydrogen (secondary N) is 1. The quantitative estimate of drug-likeness (QED) is 0.751. The van der Waals surface area contributed by atoms with Gasteiger partial charge in [-0.05, 0) is 18.2 Å². The lowest BCUT2D eigenvalue weighted by molar-refractivity contribution is -0.137. The lowest BCUT2D eigenvalue weighted by Crippen LogP contribution is -2.09. The highest BCUT2D eigenvalue weighted by molar-refractivity contribution is 5.88. The van der Waals surface area contributed by atoms with Crippen LogP contribution >= 0.6 is 0 Å². The van der Waals surface area contributed by atoms with Gasteiger partial charge in [0.2, 0.25) is 5.91 Å². The molecule has 2 N–H and O–H groups in total. The number of carboxylic acid groups (broad SMARTS) is 1. The van der Waals surface area contributed by atoms with E-state index in [4.69, 9.17) is 9.90 Å². The first kappa shape index (κ1) is 14.9. The van der Waals surface area contributed by atoms with E-state index in [1.54, 1.807) is 0 Å². The molecule has 0 saturated carbocycles. The maximum atomic E-state index is 12.2. The summed E-state index contributed by atoms with van der Waals surface area (Å²) in [5, 5.41) is 9.17. The van der Waals surface area contributed by atoms with Crippen LogP contribution in [0.15, 0.2) is 24.3 Å². The standard InChI is InChI=1S/C9H8F3NO.CH2O2/c1-6(14)13-8-4-2-3-7(5-8)9(10,11)12;2-1-3/h2-5H,1H3,(H,13,14);1H,(H,2,3). The predicted octanol–water partition coefficient (Wildman–Crippen LogP) is 2.36. The van der Waals surface area contributed by atoms with Gasteiger partial charge in [-0.1, -0.05) is 6.07 Å². The van der Waals surface area contributed by atoms with Crippen LogP contribution in [0.4, 0.5) is 18.9 Å². The molecule has 17 heavy (non-hydrogen) atoms. The highest BCUT2D eigenvalue weighted by atomic mass is 19.4. The van der Waals surface area contributed by atoms with Gasteiger partial charge in [0.1, 0.15) is 0 Å². The van der Waals surface area contributed by atoms with Crippen molar-refractivity contribution in [2.24, 2.45) is 0 Å². The molecule has 1 amide bonds. The fraction of sp³-hybridized carbons (Fsp3) is 0.200. The molecule has 1 aromatic carbocycles. The van der Waals surface area contributed by atoms with E-state index in [2.05, 4.69) is 5.32 Å². The molecule has 1 rings (SSSR count). The van der Waals surface area contributed by atoms with Gasteiger partial charge in [0.25, 0.3) is 6.47 Å². The van der Waals surface area contributed by atoms with E-state index in [1.807, 2.05) is 0 Å². The summed E-state index contributed by atoms with van der Waals surface area (Å²) in [6, 6.07) is 4.48. The molecule has 1 aromatic rings. The minimum Gasteiger partial charge on any atom is -0.483 e. The second kappa shape index (κ2) is 6.51. The summed E-state index contributed by atoms with van der Waals surface area (Å²) < 4.78 is 36.6. The molecule has 4 nitrogen and oxygen atoms in total. The monoisotopic (exact) mass is 249 g/mol. The van der Waals surface area contributed by atoms with Crippen LogP contribution in [0, 0.1) is 0 Å². The van der Waals surface area contributed by atoms with Crippen molar-refractivity contribution in [3.8, 4) is 0 Å². The summed E-state index contributed by atoms with van der Waals surface area (Å²) in [6.07, 6.45) is -4.38. The second-order valence-corrected chi connectivity index (χ2v) is 2.87. The van der Waals surface area contributed by atoms with Crippen LogP contribution < -0.4 is 5.32 Å². The van der Waals surface area contributed by atoms with Crippen LogP contribution in [-0.4, -0.2) is 17.5 Å². The molecule has 0 unspecified atom stereocenters. The molecule has 0 aliphatic carbocycles. The first-order valence-corrected chi connectivity index (χ1v) is 4.34. The molecule has 0 heterocycles. The fourth-order valence-electron chi connectivity index (χ4n) is 0.977. The maximum absolute atomic E-state index is 12.2. The van der Waals surface area contributed by atoms with E-state index < -0.39 is 17.6 Å². The number of carbonyl (C=O) groups is 2. The van der Waals surface area contributed by atoms with Crippen LogP contribution in [0.1, 0.15) is 12.5 Å². The Bertz CT molecular complexity index is 391. The lowest BCUT2D eigenvalue weighted by atomic mass is 10.2. The van der Waals surface area contributed by atoms with Gasteiger partial charge in [0, 0.05) is 12.6 Å². The van der Waals surface area contributed by atoms with E-state index in [9.17, 15) is 18.0 Å². The number of hydrogen-bond donors (Lipinski definition) is 2. The smallest absolute Gasteiger partial charge is 0.416 e. The number of anilines is 1. The summed E-state index contributed by atoms with van der Waals surface area (Å²) in [5.74, 6) is -0.399. The van der Waals surface area contributed by atoms with Gasteiger partial charge in [-0.25, -0.2) is 0 Å². The van der Waals surface area contributed by atoms with Gasteiger partial charge < -0.3 is 10.4 Å². The normalized spacial score (nSPS) is 9.88. The number of carbonyl (C=O) groups excluding carboxylic acids is 1. The van der Waals surface area contributed by atoms with Crippen molar-refractivity contribution < 1.29 is 27.9 Å². The Morgan fingerprint density at radius 2 is 1.94 bits per heavy atom. The molecule has 0 fully saturated rings. The molecule has 0 aromatic heterocycles. The maximum Gasteiger partial charge on any atom is 0.416 e. The van der Waals surface area contributed by atoms with E-state index in [-0.39, 0.29) is 12.2 Å². The molecule has 0 radical (unpaired) electrons. The SMILES string of the molecule is CC(=O)Nc1cccc(C(F)(F)F)c1.O=CO. The van der Waals surface area contributed by atoms with Gasteiger partial charge in [-0.15, -0.1) is 0 Å². The summed E-state index contributed by atoms with van der Waals surface area (Å²) in [7, 11) is 0. The van der Waals surface area contributed by atoms with Crippen molar-refractivity contribution in [2.45, 2.75) is 13.1 Å². The van der Waals surface area contributed by atoms with E-state index in [1.165, 1.54) is 19.1 Å². The number of rotatable bonds is 1. The molecule has 0 aliphatic rings. The van der Waals surface area contributed by atoms with Crippen LogP contribution in [0.5, 0.6) is 0 Å². The van der Waals surface area contributed by atoms with Crippen molar-refractivity contribution >= 4 is 18.1 Å². The second-order valence-electron chi connectivity index (χ2n) is 2.87. The van der Waals surface area contributed by atoms with Crippen LogP contribution in [0.3, 0.4) is 0 Å². The molecule has 0 aliphatic heterocycles. The summed E-state index contributed by atoms with van der Waals surface area (Å²) in [5.41, 5.74) is -0.629. The van der Waals surface area contributed by atoms with Crippen LogP contribution in [0.25, 0.3) is 0 Å². The van der Waals surface area contributed by atoms with E-state index >= 15 is 0 Å². The highest BCUT2D eigenvalue weighted by Crippen LogP contribution is 2.30. The minimum absolute atomic E-state index is 0.146. The van der Waals surface area contributed by atoms with Crippen molar-refractivity contribution in [1.29, 1.82) is 0 Å². The average Bonchev–Trinajstić information content (AvgIpc) is 2.17. The van der Waals surface area contributed by atoms with Gasteiger partial charge in [0.15, 0.2) is 0 Å². The third-order valence-corrected chi connectivity index (χ3v) is 1.51. The minimum atomic E-state index is -4.38. The Balaban J connectivity index is 0.000000770. The van der Waals surface area contributed by atoms with Crippen LogP contribution in [-0.2, 0) is 15.8 Å². The number of benzene rings is 1. The van der Waals surface area contributed by atoms with E-state index in [0.29, 0.717) is 0 Å². The molecular formula is C10H10F3NO3. The molecule has 94 valence electrons. The molecule has 0 spiro atoms. The number of halogens is 3. The Morgan fingerprint density at radius 1 is 1.41 bits per heavy atom.